The van der Waals surface area contributed by atoms with Crippen LogP contribution in [0.3, 0.4) is 0 Å². The maximum atomic E-state index is 13.0. The second-order valence-corrected chi connectivity index (χ2v) is 7.68. The molecule has 0 spiro atoms. The van der Waals surface area contributed by atoms with Crippen LogP contribution in [0.5, 0.6) is 0 Å². The van der Waals surface area contributed by atoms with E-state index in [1.54, 1.807) is 6.20 Å². The van der Waals surface area contributed by atoms with Crippen LogP contribution >= 0.6 is 0 Å². The molecule has 4 nitrogen and oxygen atoms in total. The third-order valence-electron chi connectivity index (χ3n) is 5.83. The summed E-state index contributed by atoms with van der Waals surface area (Å²) in [4.78, 5) is 19.4. The third-order valence-corrected chi connectivity index (χ3v) is 5.83. The minimum absolute atomic E-state index is 0.00166. The molecule has 0 saturated carbocycles. The molecule has 0 radical (unpaired) electrons. The van der Waals surface area contributed by atoms with Crippen LogP contribution in [-0.2, 0) is 24.2 Å². The van der Waals surface area contributed by atoms with Crippen molar-refractivity contribution in [2.24, 2.45) is 11.7 Å². The summed E-state index contributed by atoms with van der Waals surface area (Å²) in [6.45, 7) is 0.477. The second kappa shape index (κ2) is 9.01. The van der Waals surface area contributed by atoms with Gasteiger partial charge in [0.25, 0.3) is 0 Å². The monoisotopic (exact) mass is 385 g/mol. The van der Waals surface area contributed by atoms with E-state index < -0.39 is 0 Å². The lowest BCUT2D eigenvalue weighted by atomic mass is 9.76. The standard InChI is InChI=1S/C25H27N3O/c26-17-24(29)28(18-22-11-6-7-15-27-22)25-21(16-19-8-2-1-3-9-19)14-13-20-10-4-5-12-23(20)25/h1-12,15,21,25H,13-14,16-18,26H2/t21-,25-/m0/s1. The van der Waals surface area contributed by atoms with E-state index in [0.29, 0.717) is 12.5 Å². The molecule has 148 valence electrons. The van der Waals surface area contributed by atoms with Gasteiger partial charge in [-0.2, -0.15) is 0 Å². The van der Waals surface area contributed by atoms with Gasteiger partial charge in [-0.1, -0.05) is 60.7 Å². The second-order valence-electron chi connectivity index (χ2n) is 7.68. The first-order chi connectivity index (χ1) is 14.3. The van der Waals surface area contributed by atoms with Crippen molar-refractivity contribution in [3.05, 3.63) is 101 Å². The van der Waals surface area contributed by atoms with Gasteiger partial charge in [-0.25, -0.2) is 0 Å². The van der Waals surface area contributed by atoms with Gasteiger partial charge in [0.05, 0.1) is 24.8 Å². The fraction of sp³-hybridized carbons (Fsp3) is 0.280. The van der Waals surface area contributed by atoms with Crippen LogP contribution in [0.2, 0.25) is 0 Å². The summed E-state index contributed by atoms with van der Waals surface area (Å²) in [5, 5.41) is 0. The van der Waals surface area contributed by atoms with E-state index in [4.69, 9.17) is 5.73 Å². The van der Waals surface area contributed by atoms with Crippen LogP contribution < -0.4 is 5.73 Å². The van der Waals surface area contributed by atoms with Crippen molar-refractivity contribution in [3.63, 3.8) is 0 Å². The number of fused-ring (bicyclic) bond motifs is 1. The first-order valence-corrected chi connectivity index (χ1v) is 10.3. The number of aryl methyl sites for hydroxylation is 1. The number of carbonyl (C=O) groups excluding carboxylic acids is 1. The van der Waals surface area contributed by atoms with E-state index in [-0.39, 0.29) is 18.5 Å². The molecule has 1 aliphatic rings. The van der Waals surface area contributed by atoms with Crippen molar-refractivity contribution in [3.8, 4) is 0 Å². The molecule has 1 aromatic heterocycles. The highest BCUT2D eigenvalue weighted by atomic mass is 16.2. The quantitative estimate of drug-likeness (QED) is 0.700. The van der Waals surface area contributed by atoms with Crippen LogP contribution in [0.15, 0.2) is 79.0 Å². The molecule has 0 aliphatic heterocycles. The Kier molecular flexibility index (Phi) is 6.01. The van der Waals surface area contributed by atoms with Gasteiger partial charge in [-0.05, 0) is 54.0 Å². The lowest BCUT2D eigenvalue weighted by Gasteiger charge is -2.41. The third kappa shape index (κ3) is 4.38. The van der Waals surface area contributed by atoms with Crippen molar-refractivity contribution < 1.29 is 4.79 Å². The number of benzene rings is 2. The fourth-order valence-corrected chi connectivity index (χ4v) is 4.48. The lowest BCUT2D eigenvalue weighted by molar-refractivity contribution is -0.134. The highest BCUT2D eigenvalue weighted by Gasteiger charge is 2.36. The molecule has 2 N–H and O–H groups in total. The molecule has 2 atom stereocenters. The average molecular weight is 386 g/mol. The van der Waals surface area contributed by atoms with Crippen LogP contribution in [-0.4, -0.2) is 22.3 Å². The van der Waals surface area contributed by atoms with Crippen molar-refractivity contribution in [1.29, 1.82) is 0 Å². The first kappa shape index (κ1) is 19.3. The normalized spacial score (nSPS) is 18.1. The maximum absolute atomic E-state index is 13.0. The highest BCUT2D eigenvalue weighted by molar-refractivity contribution is 5.78. The molecule has 1 amide bonds. The minimum Gasteiger partial charge on any atom is -0.328 e. The van der Waals surface area contributed by atoms with E-state index in [0.717, 1.165) is 25.0 Å². The molecule has 0 fully saturated rings. The fourth-order valence-electron chi connectivity index (χ4n) is 4.48. The van der Waals surface area contributed by atoms with Gasteiger partial charge >= 0.3 is 0 Å². The number of hydrogen-bond donors (Lipinski definition) is 1. The van der Waals surface area contributed by atoms with Gasteiger partial charge in [-0.3, -0.25) is 9.78 Å². The molecule has 0 saturated heterocycles. The van der Waals surface area contributed by atoms with Gasteiger partial charge in [0.2, 0.25) is 5.91 Å². The largest absolute Gasteiger partial charge is 0.328 e. The zero-order valence-electron chi connectivity index (χ0n) is 16.6. The lowest BCUT2D eigenvalue weighted by Crippen LogP contribution is -2.43. The van der Waals surface area contributed by atoms with Gasteiger partial charge in [0, 0.05) is 6.20 Å². The van der Waals surface area contributed by atoms with Crippen LogP contribution in [0.25, 0.3) is 0 Å². The predicted molar refractivity (Wildman–Crippen MR) is 115 cm³/mol. The van der Waals surface area contributed by atoms with E-state index in [2.05, 4.69) is 53.5 Å². The molecule has 1 aliphatic carbocycles. The van der Waals surface area contributed by atoms with Crippen molar-refractivity contribution in [2.75, 3.05) is 6.54 Å². The Morgan fingerprint density at radius 1 is 1.00 bits per heavy atom. The molecule has 4 rings (SSSR count). The Bertz CT molecular complexity index is 943. The maximum Gasteiger partial charge on any atom is 0.237 e. The van der Waals surface area contributed by atoms with Crippen LogP contribution in [0.4, 0.5) is 0 Å². The van der Waals surface area contributed by atoms with E-state index >= 15 is 0 Å². The minimum atomic E-state index is -0.0320. The summed E-state index contributed by atoms with van der Waals surface area (Å²) in [5.74, 6) is 0.307. The predicted octanol–water partition coefficient (Wildman–Crippen LogP) is 3.92. The molecule has 29 heavy (non-hydrogen) atoms. The zero-order valence-corrected chi connectivity index (χ0v) is 16.6. The number of nitrogens with two attached hydrogens (primary N) is 1. The molecule has 0 bridgehead atoms. The van der Waals surface area contributed by atoms with E-state index in [9.17, 15) is 4.79 Å². The Labute approximate surface area is 172 Å². The summed E-state index contributed by atoms with van der Waals surface area (Å²) < 4.78 is 0. The Morgan fingerprint density at radius 3 is 2.52 bits per heavy atom. The first-order valence-electron chi connectivity index (χ1n) is 10.3. The molecule has 2 aromatic carbocycles. The van der Waals surface area contributed by atoms with Gasteiger partial charge in [-0.15, -0.1) is 0 Å². The zero-order chi connectivity index (χ0) is 20.1. The Balaban J connectivity index is 1.73. The van der Waals surface area contributed by atoms with Crippen molar-refractivity contribution >= 4 is 5.91 Å². The summed E-state index contributed by atoms with van der Waals surface area (Å²) in [6.07, 6.45) is 4.80. The van der Waals surface area contributed by atoms with Gasteiger partial charge in [0.1, 0.15) is 0 Å². The molecule has 1 heterocycles. The van der Waals surface area contributed by atoms with Crippen LogP contribution in [0, 0.1) is 5.92 Å². The number of hydrogen-bond acceptors (Lipinski definition) is 3. The topological polar surface area (TPSA) is 59.2 Å². The summed E-state index contributed by atoms with van der Waals surface area (Å²) in [5.41, 5.74) is 10.6. The molecule has 4 heteroatoms. The average Bonchev–Trinajstić information content (AvgIpc) is 2.78. The number of amides is 1. The SMILES string of the molecule is NCC(=O)N(Cc1ccccn1)[C@@H]1c2ccccc2CC[C@H]1Cc1ccccc1. The van der Waals surface area contributed by atoms with E-state index in [1.807, 2.05) is 29.2 Å². The highest BCUT2D eigenvalue weighted by Crippen LogP contribution is 2.41. The van der Waals surface area contributed by atoms with Gasteiger partial charge in [0.15, 0.2) is 0 Å². The summed E-state index contributed by atoms with van der Waals surface area (Å²) in [6, 6.07) is 24.9. The number of aromatic nitrogens is 1. The van der Waals surface area contributed by atoms with Crippen LogP contribution in [0.1, 0.15) is 34.8 Å². The number of carbonyl (C=O) groups is 1. The molecule has 0 unspecified atom stereocenters. The van der Waals surface area contributed by atoms with E-state index in [1.165, 1.54) is 16.7 Å². The Morgan fingerprint density at radius 2 is 1.76 bits per heavy atom. The number of rotatable bonds is 6. The molecular weight excluding hydrogens is 358 g/mol. The number of pyridine rings is 1. The van der Waals surface area contributed by atoms with Gasteiger partial charge < -0.3 is 10.6 Å². The molecular formula is C25H27N3O. The Hall–Kier alpha value is -2.98. The van der Waals surface area contributed by atoms with Crippen molar-refractivity contribution in [1.82, 2.24) is 9.88 Å². The smallest absolute Gasteiger partial charge is 0.237 e. The summed E-state index contributed by atoms with van der Waals surface area (Å²) >= 11 is 0. The molecule has 3 aromatic rings. The summed E-state index contributed by atoms with van der Waals surface area (Å²) in [7, 11) is 0. The van der Waals surface area contributed by atoms with Crippen molar-refractivity contribution in [2.45, 2.75) is 31.8 Å². The number of nitrogens with zero attached hydrogens (tertiary/aromatic N) is 2.